The van der Waals surface area contributed by atoms with Crippen LogP contribution in [0.1, 0.15) is 33.2 Å². The first-order valence-electron chi connectivity index (χ1n) is 9.21. The van der Waals surface area contributed by atoms with E-state index in [0.717, 1.165) is 38.3 Å². The van der Waals surface area contributed by atoms with Crippen molar-refractivity contribution in [3.63, 3.8) is 0 Å². The summed E-state index contributed by atoms with van der Waals surface area (Å²) in [5.41, 5.74) is 2.01. The fourth-order valence-electron chi connectivity index (χ4n) is 3.13. The number of rotatable bonds is 5. The first kappa shape index (κ1) is 19.4. The molecule has 1 heterocycles. The number of benzene rings is 2. The quantitative estimate of drug-likeness (QED) is 0.860. The van der Waals surface area contributed by atoms with Crippen LogP contribution in [0, 0.1) is 0 Å². The molecule has 0 bridgehead atoms. The van der Waals surface area contributed by atoms with Crippen molar-refractivity contribution < 1.29 is 9.59 Å². The number of hydrogen-bond donors (Lipinski definition) is 1. The lowest BCUT2D eigenvalue weighted by Gasteiger charge is -2.34. The van der Waals surface area contributed by atoms with Crippen LogP contribution in [0.25, 0.3) is 0 Å². The standard InChI is InChI=1S/C21H24ClN3O2/c1-2-24-10-12-25(13-11-24)21(27)18-5-3-4-17(14-18)20(26)23-15-16-6-8-19(22)9-7-16/h3-9,14H,2,10-13,15H2,1H3,(H,23,26). The molecule has 0 unspecified atom stereocenters. The van der Waals surface area contributed by atoms with Gasteiger partial charge in [0.15, 0.2) is 0 Å². The predicted octanol–water partition coefficient (Wildman–Crippen LogP) is 3.05. The van der Waals surface area contributed by atoms with Crippen LogP contribution in [-0.4, -0.2) is 54.3 Å². The molecule has 27 heavy (non-hydrogen) atoms. The summed E-state index contributed by atoms with van der Waals surface area (Å²) in [6.45, 7) is 6.77. The molecule has 0 atom stereocenters. The number of amides is 2. The fraction of sp³-hybridized carbons (Fsp3) is 0.333. The van der Waals surface area contributed by atoms with Crippen LogP contribution in [0.5, 0.6) is 0 Å². The number of nitrogens with zero attached hydrogens (tertiary/aromatic N) is 2. The molecule has 142 valence electrons. The van der Waals surface area contributed by atoms with Gasteiger partial charge in [-0.05, 0) is 42.4 Å². The maximum Gasteiger partial charge on any atom is 0.253 e. The van der Waals surface area contributed by atoms with Gasteiger partial charge in [0.25, 0.3) is 11.8 Å². The first-order valence-corrected chi connectivity index (χ1v) is 9.59. The number of carbonyl (C=O) groups is 2. The van der Waals surface area contributed by atoms with E-state index < -0.39 is 0 Å². The Morgan fingerprint density at radius 1 is 1.00 bits per heavy atom. The zero-order valence-corrected chi connectivity index (χ0v) is 16.2. The molecule has 0 spiro atoms. The van der Waals surface area contributed by atoms with Crippen LogP contribution in [0.3, 0.4) is 0 Å². The van der Waals surface area contributed by atoms with Gasteiger partial charge < -0.3 is 15.1 Å². The highest BCUT2D eigenvalue weighted by Crippen LogP contribution is 2.12. The van der Waals surface area contributed by atoms with Gasteiger partial charge in [-0.25, -0.2) is 0 Å². The third-order valence-corrected chi connectivity index (χ3v) is 5.10. The second-order valence-corrected chi connectivity index (χ2v) is 7.05. The normalized spacial score (nSPS) is 14.8. The minimum atomic E-state index is -0.199. The lowest BCUT2D eigenvalue weighted by atomic mass is 10.1. The van der Waals surface area contributed by atoms with E-state index in [1.807, 2.05) is 17.0 Å². The van der Waals surface area contributed by atoms with Crippen LogP contribution in [0.15, 0.2) is 48.5 Å². The predicted molar refractivity (Wildman–Crippen MR) is 107 cm³/mol. The summed E-state index contributed by atoms with van der Waals surface area (Å²) >= 11 is 5.87. The van der Waals surface area contributed by atoms with E-state index in [0.29, 0.717) is 22.7 Å². The maximum absolute atomic E-state index is 12.7. The number of hydrogen-bond acceptors (Lipinski definition) is 3. The number of likely N-dealkylation sites (N-methyl/N-ethyl adjacent to an activating group) is 1. The van der Waals surface area contributed by atoms with E-state index in [1.54, 1.807) is 36.4 Å². The molecule has 2 amide bonds. The zero-order valence-electron chi connectivity index (χ0n) is 15.5. The molecule has 1 fully saturated rings. The molecule has 6 heteroatoms. The average molecular weight is 386 g/mol. The summed E-state index contributed by atoms with van der Waals surface area (Å²) in [4.78, 5) is 29.4. The third-order valence-electron chi connectivity index (χ3n) is 4.84. The maximum atomic E-state index is 12.7. The second-order valence-electron chi connectivity index (χ2n) is 6.62. The molecular weight excluding hydrogens is 362 g/mol. The molecule has 1 N–H and O–H groups in total. The van der Waals surface area contributed by atoms with Gasteiger partial charge in [0.05, 0.1) is 0 Å². The van der Waals surface area contributed by atoms with Crippen molar-refractivity contribution in [3.8, 4) is 0 Å². The molecule has 0 radical (unpaired) electrons. The Labute approximate surface area is 164 Å². The van der Waals surface area contributed by atoms with Crippen LogP contribution in [-0.2, 0) is 6.54 Å². The topological polar surface area (TPSA) is 52.7 Å². The van der Waals surface area contributed by atoms with Gasteiger partial charge in [0.2, 0.25) is 0 Å². The van der Waals surface area contributed by atoms with Gasteiger partial charge in [-0.1, -0.05) is 36.7 Å². The van der Waals surface area contributed by atoms with Crippen molar-refractivity contribution in [1.82, 2.24) is 15.1 Å². The number of carbonyl (C=O) groups excluding carboxylic acids is 2. The summed E-state index contributed by atoms with van der Waals surface area (Å²) < 4.78 is 0. The Morgan fingerprint density at radius 3 is 2.33 bits per heavy atom. The number of nitrogens with one attached hydrogen (secondary N) is 1. The molecule has 1 saturated heterocycles. The Morgan fingerprint density at radius 2 is 1.67 bits per heavy atom. The first-order chi connectivity index (χ1) is 13.1. The summed E-state index contributed by atoms with van der Waals surface area (Å²) in [5, 5.41) is 3.54. The zero-order chi connectivity index (χ0) is 19.2. The van der Waals surface area contributed by atoms with Crippen LogP contribution < -0.4 is 5.32 Å². The van der Waals surface area contributed by atoms with E-state index >= 15 is 0 Å². The van der Waals surface area contributed by atoms with Crippen molar-refractivity contribution >= 4 is 23.4 Å². The Balaban J connectivity index is 1.61. The molecule has 2 aromatic rings. The van der Waals surface area contributed by atoms with Gasteiger partial charge in [-0.3, -0.25) is 9.59 Å². The fourth-order valence-corrected chi connectivity index (χ4v) is 3.26. The summed E-state index contributed by atoms with van der Waals surface area (Å²) in [5.74, 6) is -0.214. The van der Waals surface area contributed by atoms with Gasteiger partial charge >= 0.3 is 0 Å². The van der Waals surface area contributed by atoms with Gasteiger partial charge in [0.1, 0.15) is 0 Å². The van der Waals surface area contributed by atoms with Crippen molar-refractivity contribution in [3.05, 3.63) is 70.2 Å². The average Bonchev–Trinajstić information content (AvgIpc) is 2.72. The van der Waals surface area contributed by atoms with E-state index in [4.69, 9.17) is 11.6 Å². The lowest BCUT2D eigenvalue weighted by molar-refractivity contribution is 0.0643. The molecular formula is C21H24ClN3O2. The highest BCUT2D eigenvalue weighted by atomic mass is 35.5. The van der Waals surface area contributed by atoms with E-state index in [1.165, 1.54) is 0 Å². The van der Waals surface area contributed by atoms with Crippen molar-refractivity contribution in [2.24, 2.45) is 0 Å². The molecule has 1 aliphatic heterocycles. The van der Waals surface area contributed by atoms with Crippen molar-refractivity contribution in [2.45, 2.75) is 13.5 Å². The Kier molecular flexibility index (Phi) is 6.48. The Bertz CT molecular complexity index is 799. The molecule has 3 rings (SSSR count). The smallest absolute Gasteiger partial charge is 0.253 e. The summed E-state index contributed by atoms with van der Waals surface area (Å²) in [7, 11) is 0. The lowest BCUT2D eigenvalue weighted by Crippen LogP contribution is -2.48. The van der Waals surface area contributed by atoms with Crippen molar-refractivity contribution in [1.29, 1.82) is 0 Å². The van der Waals surface area contributed by atoms with Crippen molar-refractivity contribution in [2.75, 3.05) is 32.7 Å². The van der Waals surface area contributed by atoms with Gasteiger partial charge in [-0.2, -0.15) is 0 Å². The minimum absolute atomic E-state index is 0.0156. The van der Waals surface area contributed by atoms with E-state index in [-0.39, 0.29) is 11.8 Å². The molecule has 2 aromatic carbocycles. The molecule has 1 aliphatic rings. The SMILES string of the molecule is CCN1CCN(C(=O)c2cccc(C(=O)NCc3ccc(Cl)cc3)c2)CC1. The van der Waals surface area contributed by atoms with Crippen LogP contribution in [0.2, 0.25) is 5.02 Å². The Hall–Kier alpha value is -2.37. The minimum Gasteiger partial charge on any atom is -0.348 e. The van der Waals surface area contributed by atoms with E-state index in [9.17, 15) is 9.59 Å². The largest absolute Gasteiger partial charge is 0.348 e. The van der Waals surface area contributed by atoms with Gasteiger partial charge in [-0.15, -0.1) is 0 Å². The summed E-state index contributed by atoms with van der Waals surface area (Å²) in [6.07, 6.45) is 0. The number of halogens is 1. The van der Waals surface area contributed by atoms with E-state index in [2.05, 4.69) is 17.1 Å². The molecule has 5 nitrogen and oxygen atoms in total. The third kappa shape index (κ3) is 5.08. The van der Waals surface area contributed by atoms with Crippen LogP contribution >= 0.6 is 11.6 Å². The highest BCUT2D eigenvalue weighted by molar-refractivity contribution is 6.30. The monoisotopic (exact) mass is 385 g/mol. The van der Waals surface area contributed by atoms with Gasteiger partial charge in [0, 0.05) is 48.9 Å². The molecule has 0 saturated carbocycles. The highest BCUT2D eigenvalue weighted by Gasteiger charge is 2.21. The second kappa shape index (κ2) is 9.02. The molecule has 0 aromatic heterocycles. The summed E-state index contributed by atoms with van der Waals surface area (Å²) in [6, 6.07) is 14.3. The number of piperazine rings is 1. The van der Waals surface area contributed by atoms with Crippen LogP contribution in [0.4, 0.5) is 0 Å². The molecule has 0 aliphatic carbocycles.